The van der Waals surface area contributed by atoms with Crippen LogP contribution in [0.15, 0.2) is 177 Å². The Morgan fingerprint density at radius 2 is 1.38 bits per heavy atom. The average Bonchev–Trinajstić information content (AvgIpc) is 3.77. The Hall–Kier alpha value is -6.14. The Morgan fingerprint density at radius 3 is 2.03 bits per heavy atom. The second-order valence-corrected chi connectivity index (χ2v) is 15.9. The minimum Gasteiger partial charge on any atom is -0.744 e. The summed E-state index contributed by atoms with van der Waals surface area (Å²) < 4.78 is 62.8. The molecule has 0 amide bonds. The minimum atomic E-state index is -4.56. The quantitative estimate of drug-likeness (QED) is 0.0787. The third-order valence-corrected chi connectivity index (χ3v) is 11.2. The fourth-order valence-electron chi connectivity index (χ4n) is 6.80. The number of hydrogen-bond acceptors (Lipinski definition) is 8. The molecule has 6 aromatic carbocycles. The number of fused-ring (bicyclic) bond motifs is 2. The van der Waals surface area contributed by atoms with Gasteiger partial charge in [-0.15, -0.1) is 0 Å². The predicted octanol–water partition coefficient (Wildman–Crippen LogP) is 10.4. The third kappa shape index (κ3) is 8.87. The van der Waals surface area contributed by atoms with Gasteiger partial charge in [-0.25, -0.2) is 8.42 Å². The molecule has 1 aromatic heterocycles. The van der Waals surface area contributed by atoms with E-state index >= 15 is 0 Å². The first-order valence-electron chi connectivity index (χ1n) is 18.9. The number of nitrogens with zero attached hydrogens (tertiary/aromatic N) is 2. The van der Waals surface area contributed by atoms with Crippen molar-refractivity contribution < 1.29 is 36.2 Å². The van der Waals surface area contributed by atoms with Crippen LogP contribution in [0.25, 0.3) is 39.4 Å². The number of rotatable bonds is 14. The monoisotopic (exact) mass is 854 g/mol. The van der Waals surface area contributed by atoms with Crippen LogP contribution < -0.4 is 23.7 Å². The second kappa shape index (κ2) is 17.2. The van der Waals surface area contributed by atoms with Gasteiger partial charge < -0.3 is 28.1 Å². The van der Waals surface area contributed by atoms with Crippen LogP contribution in [0.2, 0.25) is 0 Å². The molecule has 0 saturated heterocycles. The van der Waals surface area contributed by atoms with E-state index < -0.39 is 10.1 Å². The Labute approximate surface area is 345 Å². The van der Waals surface area contributed by atoms with Crippen LogP contribution in [0.1, 0.15) is 19.2 Å². The molecule has 8 rings (SSSR count). The first-order chi connectivity index (χ1) is 28.2. The maximum Gasteiger partial charge on any atom is 0.374 e. The maximum atomic E-state index is 11.4. The fraction of sp³-hybridized carbons (Fsp3) is 0.128. The molecule has 0 unspecified atom stereocenters. The van der Waals surface area contributed by atoms with Crippen LogP contribution in [0.5, 0.6) is 17.2 Å². The molecule has 2 heterocycles. The summed E-state index contributed by atoms with van der Waals surface area (Å²) >= 11 is 3.50. The SMILES string of the molecule is CCC(=Cc1oc2ccc(-c3ccccc3)cc2[n+]1CCOc1ccc(Br)cc1)C=C1Oc2ccc(-c3ccccc3)cc2N1CCOc1ccc(S(=O)(=O)[O-])cc1. The molecule has 11 heteroatoms. The lowest BCUT2D eigenvalue weighted by atomic mass is 10.0. The largest absolute Gasteiger partial charge is 0.744 e. The van der Waals surface area contributed by atoms with Gasteiger partial charge in [0.05, 0.1) is 23.2 Å². The number of halogens is 1. The van der Waals surface area contributed by atoms with Crippen molar-refractivity contribution in [3.63, 3.8) is 0 Å². The standard InChI is InChI=1S/C47H39BrN2O7S/c1-2-33(29-46-49(25-27-54-39-17-15-38(48)16-18-39)42-31-36(13-23-44(42)56-46)34-9-5-3-6-10-34)30-47-50(26-28-55-40-19-21-41(22-20-40)58(51,52)53)43-32-37(14-24-45(43)57-47)35-11-7-4-8-12-35/h3-24,29-32H,2,25-28H2,1H3. The number of ether oxygens (including phenoxy) is 3. The smallest absolute Gasteiger partial charge is 0.374 e. The number of benzene rings is 6. The summed E-state index contributed by atoms with van der Waals surface area (Å²) in [6.45, 7) is 3.71. The lowest BCUT2D eigenvalue weighted by Gasteiger charge is -2.19. The highest BCUT2D eigenvalue weighted by atomic mass is 79.9. The molecule has 0 spiro atoms. The summed E-state index contributed by atoms with van der Waals surface area (Å²) in [4.78, 5) is 1.77. The summed E-state index contributed by atoms with van der Waals surface area (Å²) in [6.07, 6.45) is 4.76. The van der Waals surface area contributed by atoms with Crippen molar-refractivity contribution in [2.24, 2.45) is 0 Å². The number of allylic oxidation sites excluding steroid dienone is 2. The topological polar surface area (TPSA) is 105 Å². The van der Waals surface area contributed by atoms with Gasteiger partial charge >= 0.3 is 5.89 Å². The van der Waals surface area contributed by atoms with Gasteiger partial charge in [-0.3, -0.25) is 0 Å². The number of hydrogen-bond donors (Lipinski definition) is 0. The van der Waals surface area contributed by atoms with Crippen LogP contribution in [0.3, 0.4) is 0 Å². The van der Waals surface area contributed by atoms with E-state index in [4.69, 9.17) is 18.6 Å². The van der Waals surface area contributed by atoms with Crippen molar-refractivity contribution in [1.29, 1.82) is 0 Å². The van der Waals surface area contributed by atoms with Crippen molar-refractivity contribution in [2.75, 3.05) is 24.7 Å². The van der Waals surface area contributed by atoms with E-state index in [9.17, 15) is 13.0 Å². The summed E-state index contributed by atoms with van der Waals surface area (Å²) in [6, 6.07) is 46.1. The Bertz CT molecular complexity index is 2720. The van der Waals surface area contributed by atoms with Crippen LogP contribution in [0, 0.1) is 0 Å². The molecule has 0 saturated carbocycles. The van der Waals surface area contributed by atoms with E-state index in [2.05, 4.69) is 80.9 Å². The minimum absolute atomic E-state index is 0.246. The van der Waals surface area contributed by atoms with Crippen molar-refractivity contribution in [3.8, 4) is 39.5 Å². The molecule has 0 atom stereocenters. The van der Waals surface area contributed by atoms with Crippen LogP contribution in [-0.2, 0) is 16.7 Å². The summed E-state index contributed by atoms with van der Waals surface area (Å²) in [5.74, 6) is 3.23. The molecule has 292 valence electrons. The fourth-order valence-corrected chi connectivity index (χ4v) is 7.54. The Balaban J connectivity index is 1.13. The first-order valence-corrected chi connectivity index (χ1v) is 21.1. The zero-order valence-electron chi connectivity index (χ0n) is 31.6. The molecule has 0 N–H and O–H groups in total. The van der Waals surface area contributed by atoms with E-state index in [1.54, 1.807) is 0 Å². The third-order valence-electron chi connectivity index (χ3n) is 9.79. The second-order valence-electron chi connectivity index (χ2n) is 13.6. The molecular formula is C47H39BrN2O7S. The lowest BCUT2D eigenvalue weighted by Crippen LogP contribution is -2.38. The molecule has 0 aliphatic carbocycles. The summed E-state index contributed by atoms with van der Waals surface area (Å²) in [5.41, 5.74) is 7.89. The van der Waals surface area contributed by atoms with E-state index in [1.807, 2.05) is 84.9 Å². The van der Waals surface area contributed by atoms with Gasteiger partial charge in [0.2, 0.25) is 11.5 Å². The summed E-state index contributed by atoms with van der Waals surface area (Å²) in [7, 11) is -4.56. The number of anilines is 1. The van der Waals surface area contributed by atoms with Gasteiger partial charge in [0, 0.05) is 16.6 Å². The van der Waals surface area contributed by atoms with Crippen molar-refractivity contribution in [3.05, 3.63) is 173 Å². The Kier molecular flexibility index (Phi) is 11.5. The van der Waals surface area contributed by atoms with Crippen LogP contribution in [0.4, 0.5) is 5.69 Å². The molecule has 0 bridgehead atoms. The van der Waals surface area contributed by atoms with Gasteiger partial charge in [-0.1, -0.05) is 95.7 Å². The molecule has 58 heavy (non-hydrogen) atoms. The molecule has 0 fully saturated rings. The molecule has 7 aromatic rings. The molecule has 0 radical (unpaired) electrons. The molecule has 9 nitrogen and oxygen atoms in total. The highest BCUT2D eigenvalue weighted by molar-refractivity contribution is 9.10. The zero-order chi connectivity index (χ0) is 40.1. The van der Waals surface area contributed by atoms with E-state index in [0.29, 0.717) is 49.4 Å². The van der Waals surface area contributed by atoms with Gasteiger partial charge in [0.1, 0.15) is 34.8 Å². The van der Waals surface area contributed by atoms with Gasteiger partial charge in [-0.2, -0.15) is 4.57 Å². The number of aromatic nitrogens is 1. The number of oxazole rings is 1. The molecule has 1 aliphatic rings. The van der Waals surface area contributed by atoms with E-state index in [0.717, 1.165) is 54.8 Å². The molecular weight excluding hydrogens is 816 g/mol. The van der Waals surface area contributed by atoms with Crippen LogP contribution >= 0.6 is 15.9 Å². The highest BCUT2D eigenvalue weighted by Gasteiger charge is 2.28. The average molecular weight is 856 g/mol. The van der Waals surface area contributed by atoms with E-state index in [1.165, 1.54) is 24.3 Å². The zero-order valence-corrected chi connectivity index (χ0v) is 34.0. The van der Waals surface area contributed by atoms with Crippen molar-refractivity contribution in [1.82, 2.24) is 0 Å². The van der Waals surface area contributed by atoms with Gasteiger partial charge in [-0.05, 0) is 101 Å². The van der Waals surface area contributed by atoms with Crippen LogP contribution in [-0.4, -0.2) is 32.7 Å². The van der Waals surface area contributed by atoms with Gasteiger partial charge in [0.25, 0.3) is 5.52 Å². The highest BCUT2D eigenvalue weighted by Crippen LogP contribution is 2.42. The van der Waals surface area contributed by atoms with Crippen molar-refractivity contribution >= 4 is 48.9 Å². The lowest BCUT2D eigenvalue weighted by molar-refractivity contribution is -0.678. The first kappa shape index (κ1) is 38.7. The summed E-state index contributed by atoms with van der Waals surface area (Å²) in [5, 5.41) is 0. The Morgan fingerprint density at radius 1 is 0.759 bits per heavy atom. The normalized spacial score (nSPS) is 13.5. The maximum absolute atomic E-state index is 11.4. The predicted molar refractivity (Wildman–Crippen MR) is 228 cm³/mol. The van der Waals surface area contributed by atoms with Gasteiger partial charge in [0.15, 0.2) is 12.3 Å². The molecule has 1 aliphatic heterocycles. The van der Waals surface area contributed by atoms with E-state index in [-0.39, 0.29) is 11.5 Å². The van der Waals surface area contributed by atoms with Crippen molar-refractivity contribution in [2.45, 2.75) is 24.8 Å².